The molecule has 0 aromatic carbocycles. The van der Waals surface area contributed by atoms with Crippen LogP contribution in [0.4, 0.5) is 5.82 Å². The molecule has 2 aromatic heterocycles. The predicted molar refractivity (Wildman–Crippen MR) is 81.9 cm³/mol. The molecular formula is C15H21N5O2. The van der Waals surface area contributed by atoms with E-state index in [1.165, 1.54) is 0 Å². The summed E-state index contributed by atoms with van der Waals surface area (Å²) >= 11 is 0. The number of nitrogens with zero attached hydrogens (tertiary/aromatic N) is 4. The van der Waals surface area contributed by atoms with E-state index in [0.29, 0.717) is 23.4 Å². The number of ether oxygens (including phenoxy) is 1. The maximum absolute atomic E-state index is 9.84. The fourth-order valence-electron chi connectivity index (χ4n) is 2.38. The molecule has 3 heterocycles. The van der Waals surface area contributed by atoms with Crippen molar-refractivity contribution in [2.75, 3.05) is 25.1 Å². The summed E-state index contributed by atoms with van der Waals surface area (Å²) in [6.07, 6.45) is 2.21. The van der Waals surface area contributed by atoms with Crippen molar-refractivity contribution in [3.05, 3.63) is 29.7 Å². The third-order valence-corrected chi connectivity index (χ3v) is 3.69. The molecule has 0 amide bonds. The minimum Gasteiger partial charge on any atom is -0.387 e. The molecule has 118 valence electrons. The quantitative estimate of drug-likeness (QED) is 0.870. The molecule has 1 aliphatic rings. The summed E-state index contributed by atoms with van der Waals surface area (Å²) in [5, 5.41) is 17.5. The molecule has 0 bridgehead atoms. The molecule has 0 saturated carbocycles. The zero-order chi connectivity index (χ0) is 15.5. The maximum atomic E-state index is 9.84. The van der Waals surface area contributed by atoms with Crippen LogP contribution in [0.1, 0.15) is 30.8 Å². The molecule has 0 radical (unpaired) electrons. The Labute approximate surface area is 129 Å². The van der Waals surface area contributed by atoms with Gasteiger partial charge in [0.15, 0.2) is 0 Å². The summed E-state index contributed by atoms with van der Waals surface area (Å²) in [6, 6.07) is 3.67. The molecule has 1 saturated heterocycles. The number of rotatable bonds is 5. The molecule has 2 N–H and O–H groups in total. The van der Waals surface area contributed by atoms with E-state index in [9.17, 15) is 5.11 Å². The lowest BCUT2D eigenvalue weighted by atomic mass is 10.1. The summed E-state index contributed by atoms with van der Waals surface area (Å²) in [7, 11) is 0. The highest BCUT2D eigenvalue weighted by molar-refractivity contribution is 5.39. The molecular weight excluding hydrogens is 282 g/mol. The number of anilines is 1. The predicted octanol–water partition coefficient (Wildman–Crippen LogP) is 1.47. The van der Waals surface area contributed by atoms with Crippen LogP contribution in [0, 0.1) is 12.8 Å². The molecule has 0 aliphatic carbocycles. The average molecular weight is 303 g/mol. The molecule has 7 heteroatoms. The highest BCUT2D eigenvalue weighted by Gasteiger charge is 2.16. The first kappa shape index (κ1) is 14.9. The molecule has 2 atom stereocenters. The minimum absolute atomic E-state index is 0.455. The van der Waals surface area contributed by atoms with Crippen molar-refractivity contribution in [3.8, 4) is 5.95 Å². The Balaban J connectivity index is 1.83. The standard InChI is InChI=1S/C15H21N5O2/c1-10-3-5-20(19-10)15-17-13(11(2)21)7-14(18-15)16-8-12-4-6-22-9-12/h3,5,7,11-12,21H,4,6,8-9H2,1-2H3,(H,16,17,18). The van der Waals surface area contributed by atoms with Gasteiger partial charge in [0.25, 0.3) is 5.95 Å². The number of nitrogens with one attached hydrogen (secondary N) is 1. The Bertz CT molecular complexity index is 635. The van der Waals surface area contributed by atoms with Gasteiger partial charge in [-0.15, -0.1) is 0 Å². The van der Waals surface area contributed by atoms with Crippen molar-refractivity contribution >= 4 is 5.82 Å². The first-order valence-electron chi connectivity index (χ1n) is 7.53. The van der Waals surface area contributed by atoms with Crippen LogP contribution in [0.3, 0.4) is 0 Å². The summed E-state index contributed by atoms with van der Waals surface area (Å²) in [6.45, 7) is 6.01. The summed E-state index contributed by atoms with van der Waals surface area (Å²) in [5.41, 5.74) is 1.46. The van der Waals surface area contributed by atoms with Gasteiger partial charge in [-0.3, -0.25) is 0 Å². The van der Waals surface area contributed by atoms with Gasteiger partial charge in [-0.25, -0.2) is 9.67 Å². The maximum Gasteiger partial charge on any atom is 0.252 e. The highest BCUT2D eigenvalue weighted by atomic mass is 16.5. The molecule has 1 aliphatic heterocycles. The average Bonchev–Trinajstić information content (AvgIpc) is 3.16. The van der Waals surface area contributed by atoms with Gasteiger partial charge in [0.1, 0.15) is 5.82 Å². The Hall–Kier alpha value is -1.99. The first-order valence-corrected chi connectivity index (χ1v) is 7.53. The van der Waals surface area contributed by atoms with Crippen molar-refractivity contribution < 1.29 is 9.84 Å². The van der Waals surface area contributed by atoms with Gasteiger partial charge in [0, 0.05) is 31.3 Å². The summed E-state index contributed by atoms with van der Waals surface area (Å²) in [4.78, 5) is 8.86. The van der Waals surface area contributed by atoms with Crippen molar-refractivity contribution in [1.82, 2.24) is 19.7 Å². The minimum atomic E-state index is -0.659. The van der Waals surface area contributed by atoms with Gasteiger partial charge in [0.2, 0.25) is 0 Å². The van der Waals surface area contributed by atoms with Gasteiger partial charge < -0.3 is 15.2 Å². The van der Waals surface area contributed by atoms with Crippen LogP contribution in [0.25, 0.3) is 5.95 Å². The number of aliphatic hydroxyl groups is 1. The smallest absolute Gasteiger partial charge is 0.252 e. The van der Waals surface area contributed by atoms with Gasteiger partial charge >= 0.3 is 0 Å². The van der Waals surface area contributed by atoms with E-state index in [0.717, 1.165) is 31.9 Å². The molecule has 2 aromatic rings. The van der Waals surface area contributed by atoms with E-state index in [2.05, 4.69) is 20.4 Å². The molecule has 7 nitrogen and oxygen atoms in total. The van der Waals surface area contributed by atoms with Crippen LogP contribution >= 0.6 is 0 Å². The topological polar surface area (TPSA) is 85.1 Å². The van der Waals surface area contributed by atoms with Gasteiger partial charge in [-0.2, -0.15) is 10.1 Å². The number of aromatic nitrogens is 4. The number of aryl methyl sites for hydroxylation is 1. The Morgan fingerprint density at radius 3 is 3.00 bits per heavy atom. The lowest BCUT2D eigenvalue weighted by Crippen LogP contribution is -2.16. The van der Waals surface area contributed by atoms with Crippen LogP contribution < -0.4 is 5.32 Å². The van der Waals surface area contributed by atoms with Gasteiger partial charge in [-0.05, 0) is 26.3 Å². The van der Waals surface area contributed by atoms with E-state index in [4.69, 9.17) is 4.74 Å². The van der Waals surface area contributed by atoms with Crippen LogP contribution in [0.15, 0.2) is 18.3 Å². The Kier molecular flexibility index (Phi) is 4.35. The van der Waals surface area contributed by atoms with Gasteiger partial charge in [-0.1, -0.05) is 0 Å². The fourth-order valence-corrected chi connectivity index (χ4v) is 2.38. The van der Waals surface area contributed by atoms with Crippen molar-refractivity contribution in [2.24, 2.45) is 5.92 Å². The van der Waals surface area contributed by atoms with E-state index < -0.39 is 6.10 Å². The second-order valence-corrected chi connectivity index (χ2v) is 5.67. The monoisotopic (exact) mass is 303 g/mol. The van der Waals surface area contributed by atoms with Crippen LogP contribution in [-0.4, -0.2) is 44.6 Å². The van der Waals surface area contributed by atoms with Crippen molar-refractivity contribution in [1.29, 1.82) is 0 Å². The van der Waals surface area contributed by atoms with E-state index in [1.807, 2.05) is 19.2 Å². The molecule has 1 fully saturated rings. The third kappa shape index (κ3) is 3.42. The number of hydrogen-bond acceptors (Lipinski definition) is 6. The summed E-state index contributed by atoms with van der Waals surface area (Å²) in [5.74, 6) is 1.65. The van der Waals surface area contributed by atoms with Crippen LogP contribution in [0.5, 0.6) is 0 Å². The molecule has 22 heavy (non-hydrogen) atoms. The summed E-state index contributed by atoms with van der Waals surface area (Å²) < 4.78 is 6.99. The van der Waals surface area contributed by atoms with E-state index >= 15 is 0 Å². The largest absolute Gasteiger partial charge is 0.387 e. The number of aliphatic hydroxyl groups excluding tert-OH is 1. The molecule has 0 spiro atoms. The van der Waals surface area contributed by atoms with Crippen LogP contribution in [0.2, 0.25) is 0 Å². The first-order chi connectivity index (χ1) is 10.6. The molecule has 2 unspecified atom stereocenters. The SMILES string of the molecule is Cc1ccn(-c2nc(NCC3CCOC3)cc(C(C)O)n2)n1. The normalized spacial score (nSPS) is 19.3. The van der Waals surface area contributed by atoms with Crippen molar-refractivity contribution in [2.45, 2.75) is 26.4 Å². The fraction of sp³-hybridized carbons (Fsp3) is 0.533. The van der Waals surface area contributed by atoms with E-state index in [1.54, 1.807) is 17.7 Å². The number of hydrogen-bond donors (Lipinski definition) is 2. The lowest BCUT2D eigenvalue weighted by Gasteiger charge is -2.13. The van der Waals surface area contributed by atoms with Crippen LogP contribution in [-0.2, 0) is 4.74 Å². The molecule has 3 rings (SSSR count). The Morgan fingerprint density at radius 2 is 2.36 bits per heavy atom. The second kappa shape index (κ2) is 6.41. The zero-order valence-corrected chi connectivity index (χ0v) is 12.9. The lowest BCUT2D eigenvalue weighted by molar-refractivity contribution is 0.187. The third-order valence-electron chi connectivity index (χ3n) is 3.69. The zero-order valence-electron chi connectivity index (χ0n) is 12.9. The van der Waals surface area contributed by atoms with Gasteiger partial charge in [0.05, 0.1) is 24.1 Å². The second-order valence-electron chi connectivity index (χ2n) is 5.67. The van der Waals surface area contributed by atoms with E-state index in [-0.39, 0.29) is 0 Å². The van der Waals surface area contributed by atoms with Crippen molar-refractivity contribution in [3.63, 3.8) is 0 Å². The Morgan fingerprint density at radius 1 is 1.50 bits per heavy atom. The highest BCUT2D eigenvalue weighted by Crippen LogP contribution is 2.18.